The minimum atomic E-state index is -2.80. The Morgan fingerprint density at radius 2 is 2.27 bits per heavy atom. The molecule has 1 aliphatic heterocycles. The monoisotopic (exact) mass is 235 g/mol. The van der Waals surface area contributed by atoms with Gasteiger partial charge in [0.25, 0.3) is 0 Å². The van der Waals surface area contributed by atoms with Gasteiger partial charge in [-0.25, -0.2) is 8.42 Å². The quantitative estimate of drug-likeness (QED) is 0.757. The van der Waals surface area contributed by atoms with Gasteiger partial charge in [0.05, 0.1) is 18.1 Å². The van der Waals surface area contributed by atoms with Gasteiger partial charge < -0.3 is 10.1 Å². The Morgan fingerprint density at radius 1 is 1.53 bits per heavy atom. The lowest BCUT2D eigenvalue weighted by Gasteiger charge is -2.27. The van der Waals surface area contributed by atoms with Crippen LogP contribution in [0.4, 0.5) is 0 Å². The molecule has 15 heavy (non-hydrogen) atoms. The highest BCUT2D eigenvalue weighted by molar-refractivity contribution is 7.91. The second-order valence-electron chi connectivity index (χ2n) is 4.18. The molecule has 0 saturated carbocycles. The maximum absolute atomic E-state index is 11.4. The Bertz CT molecular complexity index is 276. The molecule has 4 nitrogen and oxygen atoms in total. The molecule has 0 aromatic carbocycles. The highest BCUT2D eigenvalue weighted by Crippen LogP contribution is 2.13. The minimum absolute atomic E-state index is 0.115. The summed E-state index contributed by atoms with van der Waals surface area (Å²) in [6.45, 7) is 2.72. The van der Waals surface area contributed by atoms with E-state index in [2.05, 4.69) is 12.2 Å². The summed E-state index contributed by atoms with van der Waals surface area (Å²) in [7, 11) is -1.14. The summed E-state index contributed by atoms with van der Waals surface area (Å²) in [6, 6.07) is 0.386. The fourth-order valence-corrected chi connectivity index (χ4v) is 3.62. The third kappa shape index (κ3) is 4.49. The molecular weight excluding hydrogens is 214 g/mol. The van der Waals surface area contributed by atoms with Crippen LogP contribution in [0.5, 0.6) is 0 Å². The van der Waals surface area contributed by atoms with Crippen LogP contribution < -0.4 is 5.32 Å². The summed E-state index contributed by atoms with van der Waals surface area (Å²) in [5.41, 5.74) is 0. The molecule has 1 rings (SSSR count). The first kappa shape index (κ1) is 12.9. The fourth-order valence-electron chi connectivity index (χ4n) is 1.97. The molecule has 1 fully saturated rings. The normalized spacial score (nSPS) is 27.5. The van der Waals surface area contributed by atoms with Gasteiger partial charge in [-0.3, -0.25) is 0 Å². The second-order valence-corrected chi connectivity index (χ2v) is 6.41. The molecule has 1 heterocycles. The van der Waals surface area contributed by atoms with Crippen LogP contribution in [0.1, 0.15) is 26.2 Å². The number of nitrogens with one attached hydrogen (secondary N) is 1. The Hall–Kier alpha value is -0.130. The lowest BCUT2D eigenvalue weighted by molar-refractivity contribution is 0.158. The van der Waals surface area contributed by atoms with Crippen molar-refractivity contribution in [3.63, 3.8) is 0 Å². The third-order valence-corrected chi connectivity index (χ3v) is 4.62. The van der Waals surface area contributed by atoms with Gasteiger partial charge in [-0.2, -0.15) is 0 Å². The molecular formula is C10H21NO3S. The molecule has 1 N–H and O–H groups in total. The summed E-state index contributed by atoms with van der Waals surface area (Å²) >= 11 is 0. The molecule has 0 aliphatic carbocycles. The van der Waals surface area contributed by atoms with Crippen LogP contribution in [-0.2, 0) is 14.6 Å². The standard InChI is InChI=1S/C10H21NO3S/c1-3-9(7-14-2)11-10-5-4-6-15(12,13)8-10/h9-11H,3-8H2,1-2H3. The van der Waals surface area contributed by atoms with Gasteiger partial charge in [-0.15, -0.1) is 0 Å². The lowest BCUT2D eigenvalue weighted by Crippen LogP contribution is -2.46. The number of methoxy groups -OCH3 is 1. The van der Waals surface area contributed by atoms with Gasteiger partial charge in [0, 0.05) is 19.2 Å². The second kappa shape index (κ2) is 5.82. The average molecular weight is 235 g/mol. The molecule has 1 saturated heterocycles. The zero-order chi connectivity index (χ0) is 11.3. The zero-order valence-corrected chi connectivity index (χ0v) is 10.3. The molecule has 90 valence electrons. The fraction of sp³-hybridized carbons (Fsp3) is 1.00. The summed E-state index contributed by atoms with van der Waals surface area (Å²) in [5.74, 6) is 0.638. The van der Waals surface area contributed by atoms with Crippen LogP contribution >= 0.6 is 0 Å². The number of rotatable bonds is 5. The maximum atomic E-state index is 11.4. The van der Waals surface area contributed by atoms with Gasteiger partial charge in [-0.05, 0) is 19.3 Å². The molecule has 0 aromatic heterocycles. The first-order chi connectivity index (χ1) is 7.07. The van der Waals surface area contributed by atoms with Gasteiger partial charge in [0.15, 0.2) is 9.84 Å². The summed E-state index contributed by atoms with van der Waals surface area (Å²) in [5, 5.41) is 3.36. The zero-order valence-electron chi connectivity index (χ0n) is 9.53. The molecule has 0 bridgehead atoms. The maximum Gasteiger partial charge on any atom is 0.151 e. The van der Waals surface area contributed by atoms with Gasteiger partial charge in [-0.1, -0.05) is 6.92 Å². The third-order valence-electron chi connectivity index (χ3n) is 2.80. The van der Waals surface area contributed by atoms with E-state index in [9.17, 15) is 8.42 Å². The Balaban J connectivity index is 2.43. The van der Waals surface area contributed by atoms with Crippen molar-refractivity contribution >= 4 is 9.84 Å². The van der Waals surface area contributed by atoms with E-state index in [0.29, 0.717) is 12.4 Å². The van der Waals surface area contributed by atoms with Crippen molar-refractivity contribution in [3.8, 4) is 0 Å². The predicted molar refractivity (Wildman–Crippen MR) is 60.8 cm³/mol. The Kier molecular flexibility index (Phi) is 5.02. The molecule has 5 heteroatoms. The van der Waals surface area contributed by atoms with Crippen molar-refractivity contribution in [3.05, 3.63) is 0 Å². The highest BCUT2D eigenvalue weighted by atomic mass is 32.2. The first-order valence-electron chi connectivity index (χ1n) is 5.53. The topological polar surface area (TPSA) is 55.4 Å². The molecule has 0 radical (unpaired) electrons. The van der Waals surface area contributed by atoms with Crippen LogP contribution in [0.3, 0.4) is 0 Å². The Labute approximate surface area is 92.3 Å². The summed E-state index contributed by atoms with van der Waals surface area (Å²) < 4.78 is 27.9. The van der Waals surface area contributed by atoms with Crippen molar-refractivity contribution in [2.24, 2.45) is 0 Å². The molecule has 1 aliphatic rings. The SMILES string of the molecule is CCC(COC)NC1CCCS(=O)(=O)C1. The van der Waals surface area contributed by atoms with Gasteiger partial charge >= 0.3 is 0 Å². The minimum Gasteiger partial charge on any atom is -0.383 e. The number of sulfone groups is 1. The van der Waals surface area contributed by atoms with E-state index >= 15 is 0 Å². The van der Waals surface area contributed by atoms with E-state index in [1.54, 1.807) is 7.11 Å². The van der Waals surface area contributed by atoms with Gasteiger partial charge in [0.2, 0.25) is 0 Å². The van der Waals surface area contributed by atoms with Crippen molar-refractivity contribution in [1.82, 2.24) is 5.32 Å². The van der Waals surface area contributed by atoms with Gasteiger partial charge in [0.1, 0.15) is 0 Å². The van der Waals surface area contributed by atoms with Crippen molar-refractivity contribution in [2.45, 2.75) is 38.3 Å². The highest BCUT2D eigenvalue weighted by Gasteiger charge is 2.25. The summed E-state index contributed by atoms with van der Waals surface area (Å²) in [6.07, 6.45) is 2.70. The van der Waals surface area contributed by atoms with E-state index in [1.165, 1.54) is 0 Å². The van der Waals surface area contributed by atoms with Crippen LogP contribution in [0.15, 0.2) is 0 Å². The number of hydrogen-bond acceptors (Lipinski definition) is 4. The van der Waals surface area contributed by atoms with Crippen LogP contribution in [-0.4, -0.2) is 45.7 Å². The van der Waals surface area contributed by atoms with E-state index < -0.39 is 9.84 Å². The average Bonchev–Trinajstić information content (AvgIpc) is 2.15. The molecule has 2 atom stereocenters. The number of ether oxygens (including phenoxy) is 1. The summed E-state index contributed by atoms with van der Waals surface area (Å²) in [4.78, 5) is 0. The van der Waals surface area contributed by atoms with Crippen LogP contribution in [0, 0.1) is 0 Å². The molecule has 0 spiro atoms. The molecule has 0 aromatic rings. The lowest BCUT2D eigenvalue weighted by atomic mass is 10.1. The molecule has 0 amide bonds. The van der Waals surface area contributed by atoms with E-state index in [0.717, 1.165) is 19.3 Å². The van der Waals surface area contributed by atoms with Crippen molar-refractivity contribution in [2.75, 3.05) is 25.2 Å². The number of hydrogen-bond donors (Lipinski definition) is 1. The Morgan fingerprint density at radius 3 is 2.80 bits per heavy atom. The van der Waals surface area contributed by atoms with E-state index in [-0.39, 0.29) is 17.8 Å². The van der Waals surface area contributed by atoms with Crippen LogP contribution in [0.2, 0.25) is 0 Å². The molecule has 2 unspecified atom stereocenters. The smallest absolute Gasteiger partial charge is 0.151 e. The van der Waals surface area contributed by atoms with Crippen LogP contribution in [0.25, 0.3) is 0 Å². The predicted octanol–water partition coefficient (Wildman–Crippen LogP) is 0.578. The van der Waals surface area contributed by atoms with Crippen molar-refractivity contribution in [1.29, 1.82) is 0 Å². The van der Waals surface area contributed by atoms with E-state index in [1.807, 2.05) is 0 Å². The largest absolute Gasteiger partial charge is 0.383 e. The van der Waals surface area contributed by atoms with E-state index in [4.69, 9.17) is 4.74 Å². The first-order valence-corrected chi connectivity index (χ1v) is 7.35. The van der Waals surface area contributed by atoms with Crippen molar-refractivity contribution < 1.29 is 13.2 Å².